The second-order valence-corrected chi connectivity index (χ2v) is 4.24. The molecule has 0 atom stereocenters. The second kappa shape index (κ2) is 4.43. The molecule has 0 bridgehead atoms. The van der Waals surface area contributed by atoms with E-state index in [1.54, 1.807) is 18.2 Å². The van der Waals surface area contributed by atoms with E-state index in [4.69, 9.17) is 16.2 Å². The van der Waals surface area contributed by atoms with Crippen LogP contribution in [0.4, 0.5) is 11.4 Å². The van der Waals surface area contributed by atoms with Crippen molar-refractivity contribution in [1.82, 2.24) is 0 Å². The molecule has 86 valence electrons. The van der Waals surface area contributed by atoms with E-state index < -0.39 is 0 Å². The van der Waals surface area contributed by atoms with Crippen molar-refractivity contribution in [3.05, 3.63) is 23.8 Å². The summed E-state index contributed by atoms with van der Waals surface area (Å²) in [6.07, 6.45) is 3.04. The average Bonchev–Trinajstić information content (AvgIpc) is 2.10. The summed E-state index contributed by atoms with van der Waals surface area (Å²) in [7, 11) is 0. The van der Waals surface area contributed by atoms with Gasteiger partial charge >= 0.3 is 5.97 Å². The molecule has 4 nitrogen and oxygen atoms in total. The zero-order valence-corrected chi connectivity index (χ0v) is 9.11. The molecule has 4 N–H and O–H groups in total. The van der Waals surface area contributed by atoms with Crippen LogP contribution < -0.4 is 11.5 Å². The maximum absolute atomic E-state index is 11.5. The van der Waals surface area contributed by atoms with Crippen molar-refractivity contribution < 1.29 is 9.53 Å². The van der Waals surface area contributed by atoms with Crippen LogP contribution in [0, 0.1) is 5.92 Å². The summed E-state index contributed by atoms with van der Waals surface area (Å²) in [6.45, 7) is 0.255. The minimum Gasteiger partial charge on any atom is -0.461 e. The third kappa shape index (κ3) is 2.45. The molecule has 16 heavy (non-hydrogen) atoms. The monoisotopic (exact) mass is 220 g/mol. The van der Waals surface area contributed by atoms with Crippen LogP contribution in [0.3, 0.4) is 0 Å². The summed E-state index contributed by atoms with van der Waals surface area (Å²) >= 11 is 0. The molecule has 1 fully saturated rings. The van der Waals surface area contributed by atoms with Crippen LogP contribution in [-0.4, -0.2) is 5.97 Å². The van der Waals surface area contributed by atoms with Crippen LogP contribution in [0.1, 0.15) is 24.8 Å². The van der Waals surface area contributed by atoms with E-state index in [1.165, 1.54) is 0 Å². The lowest BCUT2D eigenvalue weighted by atomic mass is 9.86. The Labute approximate surface area is 94.6 Å². The molecule has 4 heteroatoms. The van der Waals surface area contributed by atoms with Gasteiger partial charge in [-0.1, -0.05) is 6.42 Å². The lowest BCUT2D eigenvalue weighted by Crippen LogP contribution is -2.23. The van der Waals surface area contributed by atoms with Crippen molar-refractivity contribution in [2.45, 2.75) is 25.9 Å². The normalized spacial score (nSPS) is 15.5. The quantitative estimate of drug-likeness (QED) is 0.600. The molecule has 0 spiro atoms. The fourth-order valence-corrected chi connectivity index (χ4v) is 1.75. The molecule has 0 amide bonds. The van der Waals surface area contributed by atoms with Gasteiger partial charge in [0.2, 0.25) is 0 Å². The molecule has 0 saturated heterocycles. The largest absolute Gasteiger partial charge is 0.461 e. The standard InChI is InChI=1S/C12H16N2O2/c13-10-4-8(5-11(14)6-10)7-16-12(15)9-2-1-3-9/h4-6,9H,1-3,7,13-14H2. The number of hydrogen-bond donors (Lipinski definition) is 2. The van der Waals surface area contributed by atoms with E-state index in [2.05, 4.69) is 0 Å². The highest BCUT2D eigenvalue weighted by Crippen LogP contribution is 2.27. The minimum atomic E-state index is -0.104. The van der Waals surface area contributed by atoms with Crippen LogP contribution in [0.15, 0.2) is 18.2 Å². The van der Waals surface area contributed by atoms with E-state index in [-0.39, 0.29) is 18.5 Å². The number of carbonyl (C=O) groups is 1. The predicted molar refractivity (Wildman–Crippen MR) is 62.4 cm³/mol. The fraction of sp³-hybridized carbons (Fsp3) is 0.417. The molecule has 0 aliphatic heterocycles. The first-order valence-electron chi connectivity index (χ1n) is 5.47. The molecule has 0 aromatic heterocycles. The third-order valence-electron chi connectivity index (χ3n) is 2.86. The van der Waals surface area contributed by atoms with Crippen molar-refractivity contribution in [2.75, 3.05) is 11.5 Å². The molecular formula is C12H16N2O2. The SMILES string of the molecule is Nc1cc(N)cc(COC(=O)C2CCC2)c1. The Morgan fingerprint density at radius 1 is 1.25 bits per heavy atom. The minimum absolute atomic E-state index is 0.104. The van der Waals surface area contributed by atoms with Gasteiger partial charge in [-0.2, -0.15) is 0 Å². The predicted octanol–water partition coefficient (Wildman–Crippen LogP) is 1.69. The molecule has 1 aliphatic carbocycles. The summed E-state index contributed by atoms with van der Waals surface area (Å²) in [4.78, 5) is 11.5. The van der Waals surface area contributed by atoms with Gasteiger partial charge in [0.05, 0.1) is 5.92 Å². The average molecular weight is 220 g/mol. The number of esters is 1. The summed E-state index contributed by atoms with van der Waals surface area (Å²) in [5.41, 5.74) is 13.3. The third-order valence-corrected chi connectivity index (χ3v) is 2.86. The molecule has 1 saturated carbocycles. The smallest absolute Gasteiger partial charge is 0.309 e. The summed E-state index contributed by atoms with van der Waals surface area (Å²) < 4.78 is 5.19. The Balaban J connectivity index is 1.91. The van der Waals surface area contributed by atoms with Gasteiger partial charge in [-0.15, -0.1) is 0 Å². The number of rotatable bonds is 3. The number of anilines is 2. The van der Waals surface area contributed by atoms with Gasteiger partial charge in [-0.25, -0.2) is 0 Å². The number of hydrogen-bond acceptors (Lipinski definition) is 4. The van der Waals surface area contributed by atoms with E-state index in [1.807, 2.05) is 0 Å². The topological polar surface area (TPSA) is 78.3 Å². The highest BCUT2D eigenvalue weighted by atomic mass is 16.5. The number of carbonyl (C=O) groups excluding carboxylic acids is 1. The molecular weight excluding hydrogens is 204 g/mol. The Morgan fingerprint density at radius 2 is 1.88 bits per heavy atom. The number of nitrogens with two attached hydrogens (primary N) is 2. The molecule has 0 unspecified atom stereocenters. The Morgan fingerprint density at radius 3 is 2.38 bits per heavy atom. The first-order valence-corrected chi connectivity index (χ1v) is 5.47. The first-order chi connectivity index (χ1) is 7.65. The zero-order valence-electron chi connectivity index (χ0n) is 9.11. The van der Waals surface area contributed by atoms with Gasteiger partial charge in [0, 0.05) is 11.4 Å². The summed E-state index contributed by atoms with van der Waals surface area (Å²) in [5.74, 6) is 0.00523. The number of nitrogen functional groups attached to an aromatic ring is 2. The maximum Gasteiger partial charge on any atom is 0.309 e. The van der Waals surface area contributed by atoms with E-state index in [9.17, 15) is 4.79 Å². The van der Waals surface area contributed by atoms with Crippen LogP contribution >= 0.6 is 0 Å². The van der Waals surface area contributed by atoms with Crippen molar-refractivity contribution in [3.8, 4) is 0 Å². The van der Waals surface area contributed by atoms with Gasteiger partial charge in [0.15, 0.2) is 0 Å². The molecule has 1 aromatic rings. The lowest BCUT2D eigenvalue weighted by Gasteiger charge is -2.23. The molecule has 1 aliphatic rings. The number of benzene rings is 1. The highest BCUT2D eigenvalue weighted by Gasteiger charge is 2.26. The van der Waals surface area contributed by atoms with Crippen LogP contribution in [-0.2, 0) is 16.1 Å². The lowest BCUT2D eigenvalue weighted by molar-refractivity contribution is -0.152. The van der Waals surface area contributed by atoms with Gasteiger partial charge < -0.3 is 16.2 Å². The second-order valence-electron chi connectivity index (χ2n) is 4.24. The first kappa shape index (κ1) is 10.8. The van der Waals surface area contributed by atoms with Crippen molar-refractivity contribution in [2.24, 2.45) is 5.92 Å². The van der Waals surface area contributed by atoms with Gasteiger partial charge in [-0.05, 0) is 36.6 Å². The molecule has 1 aromatic carbocycles. The van der Waals surface area contributed by atoms with E-state index >= 15 is 0 Å². The maximum atomic E-state index is 11.5. The molecule has 0 radical (unpaired) electrons. The van der Waals surface area contributed by atoms with Crippen molar-refractivity contribution >= 4 is 17.3 Å². The Hall–Kier alpha value is -1.71. The van der Waals surface area contributed by atoms with E-state index in [0.717, 1.165) is 24.8 Å². The van der Waals surface area contributed by atoms with Gasteiger partial charge in [0.1, 0.15) is 6.61 Å². The molecule has 2 rings (SSSR count). The van der Waals surface area contributed by atoms with Crippen molar-refractivity contribution in [1.29, 1.82) is 0 Å². The Bertz CT molecular complexity index is 380. The zero-order chi connectivity index (χ0) is 11.5. The van der Waals surface area contributed by atoms with Gasteiger partial charge in [0.25, 0.3) is 0 Å². The van der Waals surface area contributed by atoms with Crippen molar-refractivity contribution in [3.63, 3.8) is 0 Å². The summed E-state index contributed by atoms with van der Waals surface area (Å²) in [6, 6.07) is 5.21. The fourth-order valence-electron chi connectivity index (χ4n) is 1.75. The van der Waals surface area contributed by atoms with Crippen LogP contribution in [0.5, 0.6) is 0 Å². The number of ether oxygens (including phenoxy) is 1. The van der Waals surface area contributed by atoms with E-state index in [0.29, 0.717) is 11.4 Å². The Kier molecular flexibility index (Phi) is 2.99. The highest BCUT2D eigenvalue weighted by molar-refractivity contribution is 5.73. The molecule has 0 heterocycles. The summed E-state index contributed by atoms with van der Waals surface area (Å²) in [5, 5.41) is 0. The van der Waals surface area contributed by atoms with Crippen LogP contribution in [0.25, 0.3) is 0 Å². The van der Waals surface area contributed by atoms with Gasteiger partial charge in [-0.3, -0.25) is 4.79 Å². The van der Waals surface area contributed by atoms with Crippen LogP contribution in [0.2, 0.25) is 0 Å².